The van der Waals surface area contributed by atoms with Crippen LogP contribution in [0.1, 0.15) is 53.7 Å². The van der Waals surface area contributed by atoms with Crippen LogP contribution in [0, 0.1) is 5.82 Å². The summed E-state index contributed by atoms with van der Waals surface area (Å²) in [7, 11) is 0. The molecule has 1 aliphatic rings. The lowest BCUT2D eigenvalue weighted by atomic mass is 10.1. The lowest BCUT2D eigenvalue weighted by molar-refractivity contribution is 0.456. The largest absolute Gasteiger partial charge is 0.424 e. The summed E-state index contributed by atoms with van der Waals surface area (Å²) in [5.41, 5.74) is 2.38. The molecule has 1 heterocycles. The van der Waals surface area contributed by atoms with Crippen LogP contribution in [0.4, 0.5) is 4.39 Å². The third-order valence-electron chi connectivity index (χ3n) is 3.63. The highest BCUT2D eigenvalue weighted by Gasteiger charge is 2.27. The summed E-state index contributed by atoms with van der Waals surface area (Å²) in [5.74, 6) is 1.18. The maximum absolute atomic E-state index is 13.4. The van der Waals surface area contributed by atoms with Crippen molar-refractivity contribution in [2.75, 3.05) is 0 Å². The van der Waals surface area contributed by atoms with Crippen molar-refractivity contribution < 1.29 is 8.81 Å². The molecule has 1 aromatic heterocycles. The van der Waals surface area contributed by atoms with E-state index in [4.69, 9.17) is 4.42 Å². The molecule has 2 atom stereocenters. The highest BCUT2D eigenvalue weighted by molar-refractivity contribution is 7.99. The molecule has 0 fully saturated rings. The van der Waals surface area contributed by atoms with E-state index in [2.05, 4.69) is 17.1 Å². The van der Waals surface area contributed by atoms with E-state index in [0.29, 0.717) is 17.0 Å². The number of halogens is 1. The molecule has 106 valence electrons. The second kappa shape index (κ2) is 5.56. The average molecular weight is 292 g/mol. The van der Waals surface area contributed by atoms with Crippen molar-refractivity contribution in [3.05, 3.63) is 46.9 Å². The fourth-order valence-electron chi connectivity index (χ4n) is 2.55. The van der Waals surface area contributed by atoms with Crippen molar-refractivity contribution in [1.29, 1.82) is 0 Å². The summed E-state index contributed by atoms with van der Waals surface area (Å²) in [6, 6.07) is 5.11. The van der Waals surface area contributed by atoms with Gasteiger partial charge in [-0.2, -0.15) is 0 Å². The number of thioether (sulfide) groups is 1. The number of aromatic nitrogens is 2. The normalized spacial score (nSPS) is 19.1. The van der Waals surface area contributed by atoms with Gasteiger partial charge >= 0.3 is 0 Å². The van der Waals surface area contributed by atoms with Gasteiger partial charge in [0.1, 0.15) is 5.82 Å². The van der Waals surface area contributed by atoms with E-state index >= 15 is 0 Å². The second-order valence-electron chi connectivity index (χ2n) is 5.04. The third-order valence-corrected chi connectivity index (χ3v) is 5.06. The van der Waals surface area contributed by atoms with E-state index in [1.54, 1.807) is 23.9 Å². The summed E-state index contributed by atoms with van der Waals surface area (Å²) in [6.45, 7) is 4.06. The van der Waals surface area contributed by atoms with Gasteiger partial charge < -0.3 is 4.42 Å². The van der Waals surface area contributed by atoms with Crippen LogP contribution < -0.4 is 0 Å². The number of benzene rings is 1. The molecule has 0 unspecified atom stereocenters. The maximum Gasteiger partial charge on any atom is 0.229 e. The van der Waals surface area contributed by atoms with Crippen LogP contribution in [0.15, 0.2) is 22.6 Å². The lowest BCUT2D eigenvalue weighted by Gasteiger charge is -2.14. The quantitative estimate of drug-likeness (QED) is 0.844. The van der Waals surface area contributed by atoms with Crippen molar-refractivity contribution in [3.8, 4) is 0 Å². The van der Waals surface area contributed by atoms with E-state index in [1.807, 2.05) is 13.0 Å². The summed E-state index contributed by atoms with van der Waals surface area (Å²) >= 11 is 1.77. The van der Waals surface area contributed by atoms with Crippen LogP contribution >= 0.6 is 11.8 Å². The van der Waals surface area contributed by atoms with Crippen LogP contribution in [-0.4, -0.2) is 10.2 Å². The minimum Gasteiger partial charge on any atom is -0.424 e. The molecule has 0 spiro atoms. The molecule has 0 bridgehead atoms. The molecule has 5 heteroatoms. The standard InChI is InChI=1S/C15H17FN2OS/c1-3-14-17-18-15(19-14)9(2)20-13-7-5-10-4-6-11(16)8-12(10)13/h4,6,8-9,13H,3,5,7H2,1-2H3/t9-,13+/m0/s1. The number of hydrogen-bond acceptors (Lipinski definition) is 4. The van der Waals surface area contributed by atoms with Gasteiger partial charge in [0, 0.05) is 11.7 Å². The summed E-state index contributed by atoms with van der Waals surface area (Å²) in [6.07, 6.45) is 2.81. The van der Waals surface area contributed by atoms with Crippen LogP contribution in [0.3, 0.4) is 0 Å². The highest BCUT2D eigenvalue weighted by Crippen LogP contribution is 2.47. The smallest absolute Gasteiger partial charge is 0.229 e. The fraction of sp³-hybridized carbons (Fsp3) is 0.467. The molecule has 0 saturated carbocycles. The molecule has 0 radical (unpaired) electrons. The minimum atomic E-state index is -0.157. The Morgan fingerprint density at radius 1 is 1.45 bits per heavy atom. The fourth-order valence-corrected chi connectivity index (χ4v) is 3.88. The molecule has 3 rings (SSSR count). The lowest BCUT2D eigenvalue weighted by Crippen LogP contribution is -1.95. The number of nitrogens with zero attached hydrogens (tertiary/aromatic N) is 2. The third kappa shape index (κ3) is 2.59. The van der Waals surface area contributed by atoms with Crippen molar-refractivity contribution in [2.24, 2.45) is 0 Å². The summed E-state index contributed by atoms with van der Waals surface area (Å²) in [5, 5.41) is 8.53. The Balaban J connectivity index is 1.75. The topological polar surface area (TPSA) is 38.9 Å². The zero-order chi connectivity index (χ0) is 14.1. The zero-order valence-corrected chi connectivity index (χ0v) is 12.4. The molecular weight excluding hydrogens is 275 g/mol. The predicted octanol–water partition coefficient (Wildman–Crippen LogP) is 4.25. The Morgan fingerprint density at radius 2 is 2.30 bits per heavy atom. The Hall–Kier alpha value is -1.36. The van der Waals surface area contributed by atoms with E-state index < -0.39 is 0 Å². The van der Waals surface area contributed by atoms with Crippen LogP contribution in [0.2, 0.25) is 0 Å². The van der Waals surface area contributed by atoms with Gasteiger partial charge in [-0.05, 0) is 43.0 Å². The number of aryl methyl sites for hydroxylation is 2. The Bertz CT molecular complexity index is 614. The van der Waals surface area contributed by atoms with Crippen LogP contribution in [0.25, 0.3) is 0 Å². The molecule has 0 saturated heterocycles. The van der Waals surface area contributed by atoms with E-state index in [9.17, 15) is 4.39 Å². The molecule has 0 N–H and O–H groups in total. The monoisotopic (exact) mass is 292 g/mol. The van der Waals surface area contributed by atoms with Gasteiger partial charge in [0.15, 0.2) is 0 Å². The highest BCUT2D eigenvalue weighted by atomic mass is 32.2. The van der Waals surface area contributed by atoms with Gasteiger partial charge in [0.25, 0.3) is 0 Å². The molecule has 0 amide bonds. The second-order valence-corrected chi connectivity index (χ2v) is 6.58. The first kappa shape index (κ1) is 13.6. The summed E-state index contributed by atoms with van der Waals surface area (Å²) < 4.78 is 19.0. The first-order chi connectivity index (χ1) is 9.67. The first-order valence-corrected chi connectivity index (χ1v) is 7.87. The SMILES string of the molecule is CCc1nnc([C@H](C)S[C@@H]2CCc3ccc(F)cc32)o1. The van der Waals surface area contributed by atoms with Gasteiger partial charge in [0.2, 0.25) is 11.8 Å². The molecule has 1 aromatic carbocycles. The number of fused-ring (bicyclic) bond motifs is 1. The molecule has 2 aromatic rings. The molecule has 3 nitrogen and oxygen atoms in total. The van der Waals surface area contributed by atoms with Gasteiger partial charge in [-0.1, -0.05) is 13.0 Å². The first-order valence-electron chi connectivity index (χ1n) is 6.93. The zero-order valence-electron chi connectivity index (χ0n) is 11.6. The van der Waals surface area contributed by atoms with Crippen molar-refractivity contribution >= 4 is 11.8 Å². The van der Waals surface area contributed by atoms with E-state index in [-0.39, 0.29) is 11.1 Å². The van der Waals surface area contributed by atoms with E-state index in [0.717, 1.165) is 24.8 Å². The number of hydrogen-bond donors (Lipinski definition) is 0. The number of rotatable bonds is 4. The Labute approximate surface area is 122 Å². The van der Waals surface area contributed by atoms with Crippen LogP contribution in [-0.2, 0) is 12.8 Å². The van der Waals surface area contributed by atoms with Crippen molar-refractivity contribution in [3.63, 3.8) is 0 Å². The van der Waals surface area contributed by atoms with Crippen molar-refractivity contribution in [1.82, 2.24) is 10.2 Å². The van der Waals surface area contributed by atoms with Gasteiger partial charge in [-0.15, -0.1) is 22.0 Å². The van der Waals surface area contributed by atoms with Gasteiger partial charge in [-0.3, -0.25) is 0 Å². The van der Waals surface area contributed by atoms with Crippen molar-refractivity contribution in [2.45, 2.75) is 43.6 Å². The Morgan fingerprint density at radius 3 is 3.05 bits per heavy atom. The minimum absolute atomic E-state index is 0.127. The molecular formula is C15H17FN2OS. The molecule has 1 aliphatic carbocycles. The predicted molar refractivity (Wildman–Crippen MR) is 77.1 cm³/mol. The average Bonchev–Trinajstić information content (AvgIpc) is 3.06. The molecule has 0 aliphatic heterocycles. The van der Waals surface area contributed by atoms with E-state index in [1.165, 1.54) is 5.56 Å². The van der Waals surface area contributed by atoms with Gasteiger partial charge in [0.05, 0.1) is 5.25 Å². The van der Waals surface area contributed by atoms with Crippen LogP contribution in [0.5, 0.6) is 0 Å². The Kier molecular flexibility index (Phi) is 3.78. The molecule has 20 heavy (non-hydrogen) atoms. The summed E-state index contributed by atoms with van der Waals surface area (Å²) in [4.78, 5) is 0. The van der Waals surface area contributed by atoms with Gasteiger partial charge in [-0.25, -0.2) is 4.39 Å². The maximum atomic E-state index is 13.4.